The number of rotatable bonds is 3. The fraction of sp³-hybridized carbons (Fsp3) is 0.312. The predicted octanol–water partition coefficient (Wildman–Crippen LogP) is 2.95. The van der Waals surface area contributed by atoms with E-state index in [1.807, 2.05) is 12.1 Å². The summed E-state index contributed by atoms with van der Waals surface area (Å²) < 4.78 is 0. The number of carboxylic acids is 1. The number of aryl methyl sites for hydroxylation is 2. The predicted molar refractivity (Wildman–Crippen MR) is 75.4 cm³/mol. The minimum Gasteiger partial charge on any atom is -0.481 e. The smallest absolute Gasteiger partial charge is 0.307 e. The molecule has 1 aliphatic rings. The zero-order valence-electron chi connectivity index (χ0n) is 11.5. The van der Waals surface area contributed by atoms with Gasteiger partial charge in [-0.15, -0.1) is 0 Å². The van der Waals surface area contributed by atoms with Gasteiger partial charge in [0, 0.05) is 17.7 Å². The van der Waals surface area contributed by atoms with Crippen LogP contribution in [0.15, 0.2) is 30.5 Å². The number of hydrogen-bond acceptors (Lipinski definition) is 3. The molecule has 102 valence electrons. The molecular weight excluding hydrogens is 252 g/mol. The first-order valence-electron chi connectivity index (χ1n) is 6.69. The number of carboxylic acid groups (broad SMARTS) is 1. The molecule has 20 heavy (non-hydrogen) atoms. The van der Waals surface area contributed by atoms with Crippen molar-refractivity contribution in [2.24, 2.45) is 5.92 Å². The number of hydrogen-bond donors (Lipinski definition) is 1. The lowest BCUT2D eigenvalue weighted by Crippen LogP contribution is -2.02. The van der Waals surface area contributed by atoms with Crippen molar-refractivity contribution < 1.29 is 9.90 Å². The first-order valence-corrected chi connectivity index (χ1v) is 6.69. The standard InChI is InChI=1S/C16H16N2O2/c1-9-3-4-11(7-10(9)2)14-5-6-17-15(18-14)12-8-13(12)16(19)20/h3-7,12-13H,8H2,1-2H3,(H,19,20). The second kappa shape index (κ2) is 4.71. The van der Waals surface area contributed by atoms with Gasteiger partial charge in [-0.1, -0.05) is 12.1 Å². The highest BCUT2D eigenvalue weighted by Gasteiger charge is 2.46. The molecule has 1 saturated carbocycles. The normalized spacial score (nSPS) is 20.7. The fourth-order valence-corrected chi connectivity index (χ4v) is 2.37. The molecule has 0 spiro atoms. The Hall–Kier alpha value is -2.23. The number of aromatic nitrogens is 2. The summed E-state index contributed by atoms with van der Waals surface area (Å²) in [5.41, 5.74) is 4.37. The number of benzene rings is 1. The van der Waals surface area contributed by atoms with Crippen LogP contribution in [0.2, 0.25) is 0 Å². The summed E-state index contributed by atoms with van der Waals surface area (Å²) in [6, 6.07) is 8.08. The average molecular weight is 268 g/mol. The number of carbonyl (C=O) groups is 1. The summed E-state index contributed by atoms with van der Waals surface area (Å²) >= 11 is 0. The summed E-state index contributed by atoms with van der Waals surface area (Å²) in [5, 5.41) is 8.98. The van der Waals surface area contributed by atoms with Crippen LogP contribution in [0.3, 0.4) is 0 Å². The molecule has 1 fully saturated rings. The molecule has 3 rings (SSSR count). The van der Waals surface area contributed by atoms with Crippen LogP contribution in [0.4, 0.5) is 0 Å². The van der Waals surface area contributed by atoms with E-state index >= 15 is 0 Å². The SMILES string of the molecule is Cc1ccc(-c2ccnc(C3CC3C(=O)O)n2)cc1C. The van der Waals surface area contributed by atoms with Crippen molar-refractivity contribution in [3.8, 4) is 11.3 Å². The maximum Gasteiger partial charge on any atom is 0.307 e. The van der Waals surface area contributed by atoms with Crippen LogP contribution in [-0.4, -0.2) is 21.0 Å². The Balaban J connectivity index is 1.92. The quantitative estimate of drug-likeness (QED) is 0.929. The van der Waals surface area contributed by atoms with Crippen molar-refractivity contribution in [2.75, 3.05) is 0 Å². The molecule has 4 nitrogen and oxygen atoms in total. The zero-order chi connectivity index (χ0) is 14.3. The van der Waals surface area contributed by atoms with Crippen LogP contribution >= 0.6 is 0 Å². The topological polar surface area (TPSA) is 63.1 Å². The Morgan fingerprint density at radius 1 is 1.25 bits per heavy atom. The Morgan fingerprint density at radius 2 is 2.05 bits per heavy atom. The van der Waals surface area contributed by atoms with E-state index in [-0.39, 0.29) is 11.8 Å². The monoisotopic (exact) mass is 268 g/mol. The average Bonchev–Trinajstić information content (AvgIpc) is 3.22. The van der Waals surface area contributed by atoms with Gasteiger partial charge in [0.1, 0.15) is 5.82 Å². The summed E-state index contributed by atoms with van der Waals surface area (Å²) in [5.74, 6) is -0.452. The molecule has 1 aromatic heterocycles. The van der Waals surface area contributed by atoms with Gasteiger partial charge in [0.15, 0.2) is 0 Å². The Bertz CT molecular complexity index is 682. The maximum atomic E-state index is 10.9. The van der Waals surface area contributed by atoms with Crippen molar-refractivity contribution in [3.63, 3.8) is 0 Å². The lowest BCUT2D eigenvalue weighted by Gasteiger charge is -2.06. The Morgan fingerprint density at radius 3 is 2.70 bits per heavy atom. The molecular formula is C16H16N2O2. The van der Waals surface area contributed by atoms with Gasteiger partial charge in [-0.25, -0.2) is 9.97 Å². The van der Waals surface area contributed by atoms with Gasteiger partial charge in [-0.2, -0.15) is 0 Å². The van der Waals surface area contributed by atoms with E-state index in [1.54, 1.807) is 6.20 Å². The van der Waals surface area contributed by atoms with E-state index in [0.717, 1.165) is 11.3 Å². The highest BCUT2D eigenvalue weighted by atomic mass is 16.4. The molecule has 1 N–H and O–H groups in total. The Kier molecular flexibility index (Phi) is 3.01. The van der Waals surface area contributed by atoms with Crippen LogP contribution in [0.5, 0.6) is 0 Å². The molecule has 2 unspecified atom stereocenters. The van der Waals surface area contributed by atoms with E-state index in [4.69, 9.17) is 5.11 Å². The maximum absolute atomic E-state index is 10.9. The summed E-state index contributed by atoms with van der Waals surface area (Å²) in [7, 11) is 0. The molecule has 0 bridgehead atoms. The van der Waals surface area contributed by atoms with E-state index in [0.29, 0.717) is 12.2 Å². The third kappa shape index (κ3) is 2.29. The van der Waals surface area contributed by atoms with E-state index in [2.05, 4.69) is 35.9 Å². The lowest BCUT2D eigenvalue weighted by atomic mass is 10.0. The van der Waals surface area contributed by atoms with Crippen LogP contribution in [0.1, 0.15) is 29.3 Å². The molecule has 0 radical (unpaired) electrons. The molecule has 1 heterocycles. The first-order chi connectivity index (χ1) is 9.56. The number of aliphatic carboxylic acids is 1. The van der Waals surface area contributed by atoms with Gasteiger partial charge in [-0.05, 0) is 43.5 Å². The van der Waals surface area contributed by atoms with Gasteiger partial charge in [0.25, 0.3) is 0 Å². The van der Waals surface area contributed by atoms with Crippen molar-refractivity contribution in [3.05, 3.63) is 47.4 Å². The third-order valence-electron chi connectivity index (χ3n) is 3.92. The van der Waals surface area contributed by atoms with E-state index in [9.17, 15) is 4.79 Å². The van der Waals surface area contributed by atoms with Crippen molar-refractivity contribution in [1.29, 1.82) is 0 Å². The van der Waals surface area contributed by atoms with Crippen molar-refractivity contribution >= 4 is 5.97 Å². The first kappa shape index (κ1) is 12.8. The van der Waals surface area contributed by atoms with Crippen LogP contribution in [0, 0.1) is 19.8 Å². The third-order valence-corrected chi connectivity index (χ3v) is 3.92. The minimum atomic E-state index is -0.754. The second-order valence-electron chi connectivity index (χ2n) is 5.39. The molecule has 2 aromatic rings. The van der Waals surface area contributed by atoms with Gasteiger partial charge in [0.05, 0.1) is 11.6 Å². The minimum absolute atomic E-state index is 0.0287. The lowest BCUT2D eigenvalue weighted by molar-refractivity contribution is -0.138. The summed E-state index contributed by atoms with van der Waals surface area (Å²) in [4.78, 5) is 19.7. The molecule has 1 aliphatic carbocycles. The number of nitrogens with zero attached hydrogens (tertiary/aromatic N) is 2. The highest BCUT2D eigenvalue weighted by Crippen LogP contribution is 2.46. The van der Waals surface area contributed by atoms with E-state index in [1.165, 1.54) is 11.1 Å². The van der Waals surface area contributed by atoms with Crippen molar-refractivity contribution in [1.82, 2.24) is 9.97 Å². The summed E-state index contributed by atoms with van der Waals surface area (Å²) in [6.07, 6.45) is 2.36. The van der Waals surface area contributed by atoms with Crippen LogP contribution < -0.4 is 0 Å². The Labute approximate surface area is 117 Å². The highest BCUT2D eigenvalue weighted by molar-refractivity contribution is 5.75. The zero-order valence-corrected chi connectivity index (χ0v) is 11.5. The van der Waals surface area contributed by atoms with Gasteiger partial charge in [0.2, 0.25) is 0 Å². The van der Waals surface area contributed by atoms with Crippen LogP contribution in [0.25, 0.3) is 11.3 Å². The van der Waals surface area contributed by atoms with Gasteiger partial charge >= 0.3 is 5.97 Å². The summed E-state index contributed by atoms with van der Waals surface area (Å²) in [6.45, 7) is 4.15. The molecule has 0 amide bonds. The molecule has 0 saturated heterocycles. The van der Waals surface area contributed by atoms with Gasteiger partial charge in [-0.3, -0.25) is 4.79 Å². The molecule has 0 aliphatic heterocycles. The molecule has 4 heteroatoms. The molecule has 1 aromatic carbocycles. The van der Waals surface area contributed by atoms with Crippen molar-refractivity contribution in [2.45, 2.75) is 26.2 Å². The van der Waals surface area contributed by atoms with Gasteiger partial charge < -0.3 is 5.11 Å². The fourth-order valence-electron chi connectivity index (χ4n) is 2.37. The van der Waals surface area contributed by atoms with Crippen LogP contribution in [-0.2, 0) is 4.79 Å². The largest absolute Gasteiger partial charge is 0.481 e. The molecule has 2 atom stereocenters. The van der Waals surface area contributed by atoms with E-state index < -0.39 is 5.97 Å². The second-order valence-corrected chi connectivity index (χ2v) is 5.39.